The zero-order valence-electron chi connectivity index (χ0n) is 11.8. The molecule has 4 rings (SSSR count). The normalized spacial score (nSPS) is 10.9. The Morgan fingerprint density at radius 2 is 1.59 bits per heavy atom. The molecule has 0 spiro atoms. The van der Waals surface area contributed by atoms with Gasteiger partial charge >= 0.3 is 0 Å². The molecule has 0 fully saturated rings. The number of rotatable bonds is 3. The maximum atomic E-state index is 4.40. The molecule has 22 heavy (non-hydrogen) atoms. The number of fused-ring (bicyclic) bond motifs is 1. The fourth-order valence-corrected chi connectivity index (χ4v) is 3.20. The molecule has 4 aromatic rings. The van der Waals surface area contributed by atoms with Gasteiger partial charge in [0.2, 0.25) is 0 Å². The van der Waals surface area contributed by atoms with E-state index in [1.807, 2.05) is 24.5 Å². The molecule has 0 bridgehead atoms. The summed E-state index contributed by atoms with van der Waals surface area (Å²) < 4.78 is 1.79. The number of hydrogen-bond donors (Lipinski definition) is 0. The summed E-state index contributed by atoms with van der Waals surface area (Å²) in [6, 6.07) is 20.8. The average molecular weight is 303 g/mol. The van der Waals surface area contributed by atoms with Crippen LogP contribution in [0.3, 0.4) is 0 Å². The first kappa shape index (κ1) is 13.1. The molecule has 0 atom stereocenters. The van der Waals surface area contributed by atoms with Gasteiger partial charge in [-0.25, -0.2) is 9.50 Å². The predicted octanol–water partition coefficient (Wildman–Crippen LogP) is 4.55. The molecular formula is C18H13N3S. The van der Waals surface area contributed by atoms with Gasteiger partial charge in [0.15, 0.2) is 5.65 Å². The van der Waals surface area contributed by atoms with Gasteiger partial charge < -0.3 is 0 Å². The van der Waals surface area contributed by atoms with Crippen LogP contribution in [0.5, 0.6) is 0 Å². The van der Waals surface area contributed by atoms with Crippen molar-refractivity contribution in [2.45, 2.75) is 9.79 Å². The molecule has 0 saturated carbocycles. The number of benzene rings is 2. The van der Waals surface area contributed by atoms with Gasteiger partial charge in [-0.2, -0.15) is 5.10 Å². The summed E-state index contributed by atoms with van der Waals surface area (Å²) >= 11 is 1.76. The summed E-state index contributed by atoms with van der Waals surface area (Å²) in [7, 11) is 0. The third kappa shape index (κ3) is 2.49. The molecule has 4 heteroatoms. The van der Waals surface area contributed by atoms with Crippen LogP contribution in [0.2, 0.25) is 0 Å². The summed E-state index contributed by atoms with van der Waals surface area (Å²) in [5.74, 6) is 0. The lowest BCUT2D eigenvalue weighted by Crippen LogP contribution is -1.87. The van der Waals surface area contributed by atoms with Crippen LogP contribution in [-0.2, 0) is 0 Å². The SMILES string of the molecule is c1ccc(Sc2ccc(-c3cnn4cccnc34)cc2)cc1. The zero-order chi connectivity index (χ0) is 14.8. The van der Waals surface area contributed by atoms with E-state index in [4.69, 9.17) is 0 Å². The minimum absolute atomic E-state index is 0.881. The number of hydrogen-bond acceptors (Lipinski definition) is 3. The van der Waals surface area contributed by atoms with E-state index in [1.54, 1.807) is 22.5 Å². The molecule has 0 aliphatic heterocycles. The molecule has 0 aliphatic carbocycles. The summed E-state index contributed by atoms with van der Waals surface area (Å²) in [6.07, 6.45) is 5.56. The van der Waals surface area contributed by atoms with Crippen LogP contribution in [0.25, 0.3) is 16.8 Å². The highest BCUT2D eigenvalue weighted by Gasteiger charge is 2.07. The van der Waals surface area contributed by atoms with Crippen molar-refractivity contribution in [1.29, 1.82) is 0 Å². The Balaban J connectivity index is 1.64. The third-order valence-electron chi connectivity index (χ3n) is 3.42. The molecule has 2 heterocycles. The molecule has 2 aromatic carbocycles. The first-order chi connectivity index (χ1) is 10.9. The quantitative estimate of drug-likeness (QED) is 0.556. The molecule has 0 aliphatic rings. The second kappa shape index (κ2) is 5.66. The lowest BCUT2D eigenvalue weighted by molar-refractivity contribution is 0.939. The summed E-state index contributed by atoms with van der Waals surface area (Å²) in [4.78, 5) is 6.87. The molecule has 0 amide bonds. The highest BCUT2D eigenvalue weighted by Crippen LogP contribution is 2.30. The van der Waals surface area contributed by atoms with Crippen molar-refractivity contribution in [2.75, 3.05) is 0 Å². The zero-order valence-corrected chi connectivity index (χ0v) is 12.6. The Morgan fingerprint density at radius 1 is 0.818 bits per heavy atom. The fraction of sp³-hybridized carbons (Fsp3) is 0. The van der Waals surface area contributed by atoms with Crippen LogP contribution in [0.1, 0.15) is 0 Å². The lowest BCUT2D eigenvalue weighted by atomic mass is 10.1. The maximum absolute atomic E-state index is 4.40. The highest BCUT2D eigenvalue weighted by atomic mass is 32.2. The van der Waals surface area contributed by atoms with Crippen molar-refractivity contribution in [3.63, 3.8) is 0 Å². The molecule has 0 unspecified atom stereocenters. The number of aromatic nitrogens is 3. The lowest BCUT2D eigenvalue weighted by Gasteiger charge is -2.03. The van der Waals surface area contributed by atoms with Crippen LogP contribution in [0.15, 0.2) is 89.0 Å². The molecule has 0 saturated heterocycles. The minimum Gasteiger partial charge on any atom is -0.236 e. The minimum atomic E-state index is 0.881. The van der Waals surface area contributed by atoms with E-state index in [9.17, 15) is 0 Å². The second-order valence-electron chi connectivity index (χ2n) is 4.89. The van der Waals surface area contributed by atoms with Crippen molar-refractivity contribution in [1.82, 2.24) is 14.6 Å². The molecular weight excluding hydrogens is 290 g/mol. The van der Waals surface area contributed by atoms with Crippen molar-refractivity contribution in [3.8, 4) is 11.1 Å². The topological polar surface area (TPSA) is 30.2 Å². The molecule has 0 radical (unpaired) electrons. The van der Waals surface area contributed by atoms with Gasteiger partial charge in [0.1, 0.15) is 0 Å². The molecule has 0 N–H and O–H groups in total. The highest BCUT2D eigenvalue weighted by molar-refractivity contribution is 7.99. The van der Waals surface area contributed by atoms with Gasteiger partial charge in [-0.3, -0.25) is 0 Å². The molecule has 106 valence electrons. The Morgan fingerprint density at radius 3 is 2.41 bits per heavy atom. The van der Waals surface area contributed by atoms with Crippen LogP contribution >= 0.6 is 11.8 Å². The number of nitrogens with zero attached hydrogens (tertiary/aromatic N) is 3. The smallest absolute Gasteiger partial charge is 0.162 e. The summed E-state index contributed by atoms with van der Waals surface area (Å²) in [6.45, 7) is 0. The van der Waals surface area contributed by atoms with Gasteiger partial charge in [0.25, 0.3) is 0 Å². The van der Waals surface area contributed by atoms with E-state index < -0.39 is 0 Å². The Kier molecular flexibility index (Phi) is 3.37. The first-order valence-corrected chi connectivity index (χ1v) is 7.83. The fourth-order valence-electron chi connectivity index (χ4n) is 2.36. The largest absolute Gasteiger partial charge is 0.236 e. The summed E-state index contributed by atoms with van der Waals surface area (Å²) in [5.41, 5.74) is 3.06. The van der Waals surface area contributed by atoms with Gasteiger partial charge in [0.05, 0.1) is 6.20 Å². The Labute approximate surface area is 132 Å². The van der Waals surface area contributed by atoms with Crippen molar-refractivity contribution in [2.24, 2.45) is 0 Å². The van der Waals surface area contributed by atoms with Gasteiger partial charge in [0, 0.05) is 27.7 Å². The van der Waals surface area contributed by atoms with Gasteiger partial charge in [-0.15, -0.1) is 0 Å². The van der Waals surface area contributed by atoms with E-state index in [0.29, 0.717) is 0 Å². The average Bonchev–Trinajstić information content (AvgIpc) is 3.01. The predicted molar refractivity (Wildman–Crippen MR) is 89.0 cm³/mol. The second-order valence-corrected chi connectivity index (χ2v) is 6.03. The van der Waals surface area contributed by atoms with E-state index in [0.717, 1.165) is 16.8 Å². The Hall–Kier alpha value is -2.59. The third-order valence-corrected chi connectivity index (χ3v) is 4.44. The van der Waals surface area contributed by atoms with Gasteiger partial charge in [-0.1, -0.05) is 42.1 Å². The maximum Gasteiger partial charge on any atom is 0.162 e. The van der Waals surface area contributed by atoms with E-state index in [-0.39, 0.29) is 0 Å². The molecule has 2 aromatic heterocycles. The monoisotopic (exact) mass is 303 g/mol. The van der Waals surface area contributed by atoms with E-state index in [1.165, 1.54) is 9.79 Å². The molecule has 3 nitrogen and oxygen atoms in total. The Bertz CT molecular complexity index is 898. The van der Waals surface area contributed by atoms with Crippen LogP contribution in [0, 0.1) is 0 Å². The van der Waals surface area contributed by atoms with Crippen molar-refractivity contribution >= 4 is 17.4 Å². The van der Waals surface area contributed by atoms with E-state index in [2.05, 4.69) is 58.6 Å². The first-order valence-electron chi connectivity index (χ1n) is 7.02. The van der Waals surface area contributed by atoms with Gasteiger partial charge in [-0.05, 0) is 35.9 Å². The standard InChI is InChI=1S/C18H13N3S/c1-2-5-15(6-3-1)22-16-9-7-14(8-10-16)17-13-20-21-12-4-11-19-18(17)21/h1-13H. The van der Waals surface area contributed by atoms with Crippen molar-refractivity contribution < 1.29 is 0 Å². The van der Waals surface area contributed by atoms with E-state index >= 15 is 0 Å². The summed E-state index contributed by atoms with van der Waals surface area (Å²) in [5, 5.41) is 4.33. The van der Waals surface area contributed by atoms with Crippen LogP contribution < -0.4 is 0 Å². The van der Waals surface area contributed by atoms with Crippen LogP contribution in [-0.4, -0.2) is 14.6 Å². The van der Waals surface area contributed by atoms with Crippen LogP contribution in [0.4, 0.5) is 0 Å². The van der Waals surface area contributed by atoms with Crippen molar-refractivity contribution in [3.05, 3.63) is 79.3 Å².